The Morgan fingerprint density at radius 3 is 2.14 bits per heavy atom. The number of halogens is 10. The van der Waals surface area contributed by atoms with Gasteiger partial charge in [0.05, 0.1) is 24.5 Å². The third-order valence-corrected chi connectivity index (χ3v) is 5.95. The van der Waals surface area contributed by atoms with Gasteiger partial charge in [-0.25, -0.2) is 9.18 Å². The maximum atomic E-state index is 15.1. The van der Waals surface area contributed by atoms with E-state index in [-0.39, 0.29) is 47.1 Å². The number of nitriles is 1. The van der Waals surface area contributed by atoms with Crippen molar-refractivity contribution in [2.45, 2.75) is 43.9 Å². The second-order valence-electron chi connectivity index (χ2n) is 8.62. The van der Waals surface area contributed by atoms with Gasteiger partial charge < -0.3 is 14.8 Å². The number of carbonyl (C=O) groups excluding carboxylic acids is 2. The molecule has 0 aliphatic rings. The highest BCUT2D eigenvalue weighted by molar-refractivity contribution is 6.17. The molecule has 1 atom stereocenters. The topological polar surface area (TPSA) is 100 Å². The van der Waals surface area contributed by atoms with Crippen LogP contribution < -0.4 is 10.6 Å². The summed E-state index contributed by atoms with van der Waals surface area (Å²) in [5, 5.41) is 13.8. The van der Waals surface area contributed by atoms with Gasteiger partial charge in [0.25, 0.3) is 5.91 Å². The molecule has 2 amide bonds. The second-order valence-corrected chi connectivity index (χ2v) is 9.00. The Hall–Kier alpha value is -3.71. The first-order valence-corrected chi connectivity index (χ1v) is 12.1. The van der Waals surface area contributed by atoms with Crippen LogP contribution in [-0.4, -0.2) is 49.9 Å². The summed E-state index contributed by atoms with van der Waals surface area (Å²) in [4.78, 5) is 25.0. The standard InChI is InChI=1S/C25H21ClF9N3O4/c1-13-8-17(22(27,24(30,31)32)23(28,29)25(33,34)35)9-16(12-41-2)19(13)38-20(39)14-4-5-15(11-36)18(10-14)37-21(40)42-7-3-6-26/h4-5,8-10H,3,6-7,12H2,1-2H3,(H,37,40)(H,38,39). The quantitative estimate of drug-likeness (QED) is 0.162. The summed E-state index contributed by atoms with van der Waals surface area (Å²) in [5.74, 6) is -7.71. The van der Waals surface area contributed by atoms with Crippen molar-refractivity contribution in [3.05, 3.63) is 58.1 Å². The van der Waals surface area contributed by atoms with Crippen LogP contribution in [-0.2, 0) is 21.7 Å². The van der Waals surface area contributed by atoms with E-state index in [9.17, 15) is 50.0 Å². The predicted molar refractivity (Wildman–Crippen MR) is 131 cm³/mol. The Morgan fingerprint density at radius 2 is 1.62 bits per heavy atom. The van der Waals surface area contributed by atoms with Crippen LogP contribution in [0.25, 0.3) is 0 Å². The molecule has 2 rings (SSSR count). The van der Waals surface area contributed by atoms with Crippen molar-refractivity contribution in [2.75, 3.05) is 30.2 Å². The summed E-state index contributed by atoms with van der Waals surface area (Å²) in [6, 6.07) is 5.25. The fourth-order valence-electron chi connectivity index (χ4n) is 3.66. The van der Waals surface area contributed by atoms with E-state index in [0.717, 1.165) is 32.2 Å². The molecule has 42 heavy (non-hydrogen) atoms. The van der Waals surface area contributed by atoms with Gasteiger partial charge in [-0.3, -0.25) is 10.1 Å². The average Bonchev–Trinajstić information content (AvgIpc) is 2.88. The summed E-state index contributed by atoms with van der Waals surface area (Å²) >= 11 is 5.49. The first kappa shape index (κ1) is 34.5. The molecule has 17 heteroatoms. The number of hydrogen-bond acceptors (Lipinski definition) is 5. The van der Waals surface area contributed by atoms with Gasteiger partial charge >= 0.3 is 30.0 Å². The van der Waals surface area contributed by atoms with Crippen LogP contribution in [0.15, 0.2) is 30.3 Å². The summed E-state index contributed by atoms with van der Waals surface area (Å²) < 4.78 is 132. The Labute approximate surface area is 237 Å². The van der Waals surface area contributed by atoms with Gasteiger partial charge in [0.15, 0.2) is 0 Å². The second kappa shape index (κ2) is 13.1. The first-order chi connectivity index (χ1) is 19.3. The SMILES string of the molecule is COCc1cc(C(F)(C(F)(F)F)C(F)(F)C(F)(F)F)cc(C)c1NC(=O)c1ccc(C#N)c(NC(=O)OCCCCl)c1. The minimum absolute atomic E-state index is 0.0572. The molecule has 2 aromatic rings. The van der Waals surface area contributed by atoms with Crippen LogP contribution in [0.3, 0.4) is 0 Å². The maximum Gasteiger partial charge on any atom is 0.457 e. The molecule has 2 N–H and O–H groups in total. The van der Waals surface area contributed by atoms with Crippen LogP contribution in [0, 0.1) is 18.3 Å². The Kier molecular flexibility index (Phi) is 10.7. The van der Waals surface area contributed by atoms with Crippen LogP contribution in [0.1, 0.15) is 39.0 Å². The number of hydrogen-bond donors (Lipinski definition) is 2. The minimum atomic E-state index is -6.92. The lowest BCUT2D eigenvalue weighted by atomic mass is 9.85. The third-order valence-electron chi connectivity index (χ3n) is 5.68. The number of rotatable bonds is 10. The normalized spacial score (nSPS) is 13.6. The monoisotopic (exact) mass is 633 g/mol. The summed E-state index contributed by atoms with van der Waals surface area (Å²) in [6.07, 6.45) is -14.3. The molecular weight excluding hydrogens is 613 g/mol. The molecule has 1 unspecified atom stereocenters. The molecule has 0 radical (unpaired) electrons. The Morgan fingerprint density at radius 1 is 0.976 bits per heavy atom. The summed E-state index contributed by atoms with van der Waals surface area (Å²) in [5.41, 5.74) is -10.3. The number of nitrogens with one attached hydrogen (secondary N) is 2. The van der Waals surface area contributed by atoms with E-state index in [2.05, 4.69) is 10.6 Å². The number of anilines is 2. The number of nitrogens with zero attached hydrogens (tertiary/aromatic N) is 1. The van der Waals surface area contributed by atoms with E-state index in [1.165, 1.54) is 0 Å². The lowest BCUT2D eigenvalue weighted by Gasteiger charge is -2.36. The molecule has 0 fully saturated rings. The van der Waals surface area contributed by atoms with Crippen molar-refractivity contribution < 1.29 is 58.6 Å². The Balaban J connectivity index is 2.55. The lowest BCUT2D eigenvalue weighted by molar-refractivity contribution is -0.389. The van der Waals surface area contributed by atoms with Crippen LogP contribution >= 0.6 is 11.6 Å². The van der Waals surface area contributed by atoms with Crippen molar-refractivity contribution in [2.24, 2.45) is 0 Å². The zero-order chi connectivity index (χ0) is 32.1. The van der Waals surface area contributed by atoms with Crippen LogP contribution in [0.2, 0.25) is 0 Å². The van der Waals surface area contributed by atoms with E-state index in [1.807, 2.05) is 0 Å². The number of carbonyl (C=O) groups is 2. The highest BCUT2D eigenvalue weighted by Crippen LogP contribution is 2.58. The zero-order valence-corrected chi connectivity index (χ0v) is 22.3. The van der Waals surface area contributed by atoms with E-state index in [1.54, 1.807) is 6.07 Å². The molecule has 0 aliphatic heterocycles. The molecule has 0 aromatic heterocycles. The fraction of sp³-hybridized carbons (Fsp3) is 0.400. The maximum absolute atomic E-state index is 15.1. The number of methoxy groups -OCH3 is 1. The molecule has 0 aliphatic carbocycles. The van der Waals surface area contributed by atoms with Crippen LogP contribution in [0.4, 0.5) is 55.7 Å². The fourth-order valence-corrected chi connectivity index (χ4v) is 3.77. The van der Waals surface area contributed by atoms with Crippen molar-refractivity contribution in [3.63, 3.8) is 0 Å². The van der Waals surface area contributed by atoms with Crippen molar-refractivity contribution >= 4 is 35.0 Å². The van der Waals surface area contributed by atoms with Gasteiger partial charge in [0.1, 0.15) is 6.07 Å². The van der Waals surface area contributed by atoms with E-state index >= 15 is 4.39 Å². The molecule has 2 aromatic carbocycles. The van der Waals surface area contributed by atoms with Gasteiger partial charge in [-0.2, -0.15) is 40.4 Å². The lowest BCUT2D eigenvalue weighted by Crippen LogP contribution is -2.59. The number of amides is 2. The van der Waals surface area contributed by atoms with Gasteiger partial charge in [-0.05, 0) is 43.2 Å². The summed E-state index contributed by atoms with van der Waals surface area (Å²) in [7, 11) is 0.995. The first-order valence-electron chi connectivity index (χ1n) is 11.5. The van der Waals surface area contributed by atoms with E-state index in [0.29, 0.717) is 6.42 Å². The number of aryl methyl sites for hydroxylation is 1. The van der Waals surface area contributed by atoms with Crippen molar-refractivity contribution in [3.8, 4) is 6.07 Å². The number of ether oxygens (including phenoxy) is 2. The van der Waals surface area contributed by atoms with Gasteiger partial charge in [-0.15, -0.1) is 11.6 Å². The van der Waals surface area contributed by atoms with Crippen LogP contribution in [0.5, 0.6) is 0 Å². The highest BCUT2D eigenvalue weighted by Gasteiger charge is 2.81. The summed E-state index contributed by atoms with van der Waals surface area (Å²) in [6.45, 7) is 0.131. The molecular formula is C25H21ClF9N3O4. The van der Waals surface area contributed by atoms with Gasteiger partial charge in [0.2, 0.25) is 0 Å². The zero-order valence-electron chi connectivity index (χ0n) is 21.6. The number of alkyl halides is 10. The highest BCUT2D eigenvalue weighted by atomic mass is 35.5. The molecule has 0 heterocycles. The largest absolute Gasteiger partial charge is 0.457 e. The molecule has 0 bridgehead atoms. The Bertz CT molecular complexity index is 1360. The smallest absolute Gasteiger partial charge is 0.449 e. The minimum Gasteiger partial charge on any atom is -0.449 e. The van der Waals surface area contributed by atoms with Gasteiger partial charge in [-0.1, -0.05) is 6.07 Å². The van der Waals surface area contributed by atoms with E-state index in [4.69, 9.17) is 21.1 Å². The van der Waals surface area contributed by atoms with Crippen molar-refractivity contribution in [1.29, 1.82) is 5.26 Å². The molecule has 0 spiro atoms. The molecule has 0 saturated carbocycles. The predicted octanol–water partition coefficient (Wildman–Crippen LogP) is 7.37. The molecule has 0 saturated heterocycles. The average molecular weight is 634 g/mol. The van der Waals surface area contributed by atoms with E-state index < -0.39 is 59.2 Å². The third kappa shape index (κ3) is 7.01. The number of benzene rings is 2. The van der Waals surface area contributed by atoms with Gasteiger partial charge in [0, 0.05) is 35.4 Å². The molecule has 230 valence electrons. The molecule has 7 nitrogen and oxygen atoms in total. The van der Waals surface area contributed by atoms with Crippen molar-refractivity contribution in [1.82, 2.24) is 0 Å².